The molecule has 0 saturated carbocycles. The highest BCUT2D eigenvalue weighted by atomic mass is 35.5. The van der Waals surface area contributed by atoms with E-state index in [0.717, 1.165) is 62.4 Å². The maximum Gasteiger partial charge on any atom is 0.246 e. The Bertz CT molecular complexity index is 998. The van der Waals surface area contributed by atoms with Gasteiger partial charge in [0.2, 0.25) is 5.91 Å². The summed E-state index contributed by atoms with van der Waals surface area (Å²) in [6.45, 7) is 13.6. The van der Waals surface area contributed by atoms with Gasteiger partial charge in [0, 0.05) is 44.4 Å². The van der Waals surface area contributed by atoms with Crippen molar-refractivity contribution < 1.29 is 9.53 Å². The van der Waals surface area contributed by atoms with Crippen LogP contribution in [0.2, 0.25) is 5.15 Å². The molecule has 1 aromatic carbocycles. The first-order valence-corrected chi connectivity index (χ1v) is 12.8. The van der Waals surface area contributed by atoms with Crippen molar-refractivity contribution in [1.29, 1.82) is 0 Å². The second-order valence-corrected chi connectivity index (χ2v) is 10.4. The predicted octanol–water partition coefficient (Wildman–Crippen LogP) is 4.56. The monoisotopic (exact) mass is 484 g/mol. The maximum absolute atomic E-state index is 12.8. The fourth-order valence-electron chi connectivity index (χ4n) is 5.12. The van der Waals surface area contributed by atoms with Crippen LogP contribution >= 0.6 is 11.6 Å². The van der Waals surface area contributed by atoms with E-state index in [-0.39, 0.29) is 5.91 Å². The first kappa shape index (κ1) is 25.0. The fraction of sp³-hybridized carbons (Fsp3) is 0.556. The van der Waals surface area contributed by atoms with Crippen molar-refractivity contribution in [1.82, 2.24) is 19.6 Å². The van der Waals surface area contributed by atoms with Gasteiger partial charge in [-0.1, -0.05) is 41.4 Å². The summed E-state index contributed by atoms with van der Waals surface area (Å²) in [5, 5.41) is 5.15. The molecule has 1 aromatic heterocycles. The Labute approximate surface area is 208 Å². The number of hydrogen-bond acceptors (Lipinski definition) is 4. The zero-order valence-electron chi connectivity index (χ0n) is 20.8. The molecular formula is C27H37ClN4O2. The topological polar surface area (TPSA) is 50.6 Å². The number of hydrogen-bond donors (Lipinski definition) is 0. The third-order valence-electron chi connectivity index (χ3n) is 6.89. The Morgan fingerprint density at radius 3 is 2.41 bits per heavy atom. The molecule has 0 radical (unpaired) electrons. The third kappa shape index (κ3) is 6.29. The molecule has 2 aliphatic heterocycles. The average molecular weight is 485 g/mol. The Balaban J connectivity index is 1.30. The van der Waals surface area contributed by atoms with Crippen LogP contribution in [0.5, 0.6) is 0 Å². The molecule has 6 nitrogen and oxygen atoms in total. The molecule has 0 bridgehead atoms. The lowest BCUT2D eigenvalue weighted by atomic mass is 9.95. The summed E-state index contributed by atoms with van der Waals surface area (Å²) < 4.78 is 7.65. The first-order chi connectivity index (χ1) is 16.3. The lowest BCUT2D eigenvalue weighted by Gasteiger charge is -2.39. The fourth-order valence-corrected chi connectivity index (χ4v) is 5.42. The highest BCUT2D eigenvalue weighted by Gasteiger charge is 2.27. The number of carbonyl (C=O) groups excluding carboxylic acids is 1. The summed E-state index contributed by atoms with van der Waals surface area (Å²) in [6, 6.07) is 8.35. The second kappa shape index (κ2) is 11.1. The van der Waals surface area contributed by atoms with E-state index in [4.69, 9.17) is 16.3 Å². The van der Waals surface area contributed by atoms with Gasteiger partial charge in [-0.15, -0.1) is 0 Å². The number of amides is 1. The summed E-state index contributed by atoms with van der Waals surface area (Å²) in [5.74, 6) is 0.691. The van der Waals surface area contributed by atoms with Gasteiger partial charge in [0.05, 0.1) is 24.4 Å². The molecule has 0 spiro atoms. The number of rotatable bonds is 6. The van der Waals surface area contributed by atoms with E-state index in [1.807, 2.05) is 17.9 Å². The predicted molar refractivity (Wildman–Crippen MR) is 137 cm³/mol. The van der Waals surface area contributed by atoms with Gasteiger partial charge >= 0.3 is 0 Å². The van der Waals surface area contributed by atoms with Gasteiger partial charge in [-0.2, -0.15) is 5.10 Å². The largest absolute Gasteiger partial charge is 0.373 e. The number of aryl methyl sites for hydroxylation is 2. The molecular weight excluding hydrogens is 448 g/mol. The Hall–Kier alpha value is -2.15. The minimum absolute atomic E-state index is 0.0498. The highest BCUT2D eigenvalue weighted by Crippen LogP contribution is 2.24. The molecule has 2 aliphatic rings. The molecule has 2 saturated heterocycles. The van der Waals surface area contributed by atoms with Crippen LogP contribution in [-0.2, 0) is 16.1 Å². The number of benzene rings is 1. The molecule has 184 valence electrons. The highest BCUT2D eigenvalue weighted by molar-refractivity contribution is 6.31. The van der Waals surface area contributed by atoms with Crippen LogP contribution in [0.4, 0.5) is 0 Å². The van der Waals surface area contributed by atoms with Crippen LogP contribution in [0.15, 0.2) is 30.3 Å². The lowest BCUT2D eigenvalue weighted by Crippen LogP contribution is -2.48. The number of morpholine rings is 1. The Kier molecular flexibility index (Phi) is 8.12. The van der Waals surface area contributed by atoms with Crippen LogP contribution in [0.25, 0.3) is 6.08 Å². The lowest BCUT2D eigenvalue weighted by molar-refractivity contribution is -0.127. The van der Waals surface area contributed by atoms with E-state index in [1.54, 1.807) is 10.8 Å². The average Bonchev–Trinajstić information content (AvgIpc) is 3.05. The van der Waals surface area contributed by atoms with Crippen LogP contribution in [0, 0.1) is 19.8 Å². The third-order valence-corrected chi connectivity index (χ3v) is 7.29. The van der Waals surface area contributed by atoms with E-state index < -0.39 is 0 Å². The SMILES string of the molecule is Cc1ccc(Cn2nc(C)c(/C=C/C(=O)N3CCC(CN4CC(C)OC(C)C4)CC3)c2Cl)cc1. The number of aromatic nitrogens is 2. The van der Waals surface area contributed by atoms with E-state index in [0.29, 0.717) is 29.8 Å². The van der Waals surface area contributed by atoms with Gasteiger partial charge < -0.3 is 9.64 Å². The minimum atomic E-state index is 0.0498. The number of piperidine rings is 1. The molecule has 2 atom stereocenters. The normalized spacial score (nSPS) is 22.6. The summed E-state index contributed by atoms with van der Waals surface area (Å²) in [7, 11) is 0. The molecule has 1 amide bonds. The van der Waals surface area contributed by atoms with Crippen molar-refractivity contribution in [2.45, 2.75) is 59.3 Å². The molecule has 7 heteroatoms. The number of likely N-dealkylation sites (tertiary alicyclic amines) is 1. The Morgan fingerprint density at radius 2 is 1.76 bits per heavy atom. The molecule has 2 unspecified atom stereocenters. The van der Waals surface area contributed by atoms with Gasteiger partial charge in [-0.05, 0) is 58.1 Å². The number of carbonyl (C=O) groups is 1. The maximum atomic E-state index is 12.8. The van der Waals surface area contributed by atoms with Crippen molar-refractivity contribution >= 4 is 23.6 Å². The van der Waals surface area contributed by atoms with Gasteiger partial charge in [0.15, 0.2) is 0 Å². The van der Waals surface area contributed by atoms with Crippen LogP contribution in [0.1, 0.15) is 49.1 Å². The standard InChI is InChI=1S/C27H37ClN4O2/c1-19-5-7-23(8-6-19)18-32-27(28)25(22(4)29-32)9-10-26(33)31-13-11-24(12-14-31)17-30-15-20(2)34-21(3)16-30/h5-10,20-21,24H,11-18H2,1-4H3/b10-9+. The van der Waals surface area contributed by atoms with E-state index in [1.165, 1.54) is 5.56 Å². The summed E-state index contributed by atoms with van der Waals surface area (Å²) in [5.41, 5.74) is 4.01. The van der Waals surface area contributed by atoms with Crippen LogP contribution < -0.4 is 0 Å². The minimum Gasteiger partial charge on any atom is -0.373 e. The number of ether oxygens (including phenoxy) is 1. The first-order valence-electron chi connectivity index (χ1n) is 12.4. The number of halogens is 1. The molecule has 0 N–H and O–H groups in total. The summed E-state index contributed by atoms with van der Waals surface area (Å²) in [4.78, 5) is 17.3. The number of nitrogens with zero attached hydrogens (tertiary/aromatic N) is 4. The van der Waals surface area contributed by atoms with Gasteiger partial charge in [-0.3, -0.25) is 9.69 Å². The molecule has 34 heavy (non-hydrogen) atoms. The Morgan fingerprint density at radius 1 is 1.12 bits per heavy atom. The molecule has 0 aliphatic carbocycles. The van der Waals surface area contributed by atoms with Crippen LogP contribution in [-0.4, -0.2) is 70.4 Å². The van der Waals surface area contributed by atoms with Crippen LogP contribution in [0.3, 0.4) is 0 Å². The smallest absolute Gasteiger partial charge is 0.246 e. The molecule has 2 fully saturated rings. The molecule has 3 heterocycles. The van der Waals surface area contributed by atoms with E-state index >= 15 is 0 Å². The summed E-state index contributed by atoms with van der Waals surface area (Å²) >= 11 is 6.62. The molecule has 4 rings (SSSR count). The zero-order chi connectivity index (χ0) is 24.2. The van der Waals surface area contributed by atoms with Gasteiger partial charge in [0.1, 0.15) is 5.15 Å². The quantitative estimate of drug-likeness (QED) is 0.564. The van der Waals surface area contributed by atoms with Crippen molar-refractivity contribution in [3.8, 4) is 0 Å². The molecule has 2 aromatic rings. The van der Waals surface area contributed by atoms with Crippen molar-refractivity contribution in [3.63, 3.8) is 0 Å². The second-order valence-electron chi connectivity index (χ2n) is 10.0. The van der Waals surface area contributed by atoms with Crippen molar-refractivity contribution in [2.24, 2.45) is 5.92 Å². The van der Waals surface area contributed by atoms with E-state index in [2.05, 4.69) is 55.0 Å². The van der Waals surface area contributed by atoms with Crippen molar-refractivity contribution in [3.05, 3.63) is 57.9 Å². The summed E-state index contributed by atoms with van der Waals surface area (Å²) in [6.07, 6.45) is 6.17. The van der Waals surface area contributed by atoms with E-state index in [9.17, 15) is 4.79 Å². The van der Waals surface area contributed by atoms with Gasteiger partial charge in [0.25, 0.3) is 0 Å². The van der Waals surface area contributed by atoms with Crippen molar-refractivity contribution in [2.75, 3.05) is 32.7 Å². The zero-order valence-corrected chi connectivity index (χ0v) is 21.6. The van der Waals surface area contributed by atoms with Gasteiger partial charge in [-0.25, -0.2) is 4.68 Å².